The van der Waals surface area contributed by atoms with Crippen molar-refractivity contribution in [2.45, 2.75) is 45.1 Å². The zero-order valence-electron chi connectivity index (χ0n) is 15.1. The van der Waals surface area contributed by atoms with Gasteiger partial charge in [-0.1, -0.05) is 18.9 Å². The summed E-state index contributed by atoms with van der Waals surface area (Å²) >= 11 is 1.85. The third-order valence-corrected chi connectivity index (χ3v) is 7.47. The molecule has 1 amide bonds. The van der Waals surface area contributed by atoms with Crippen molar-refractivity contribution in [2.75, 3.05) is 32.7 Å². The highest BCUT2D eigenvalue weighted by atomic mass is 32.1. The molecule has 3 fully saturated rings. The third kappa shape index (κ3) is 3.79. The molecule has 1 aromatic rings. The molecule has 138 valence electrons. The van der Waals surface area contributed by atoms with Crippen LogP contribution in [0.15, 0.2) is 17.5 Å². The minimum Gasteiger partial charge on any atom is -0.355 e. The fraction of sp³-hybridized carbons (Fsp3) is 0.750. The molecule has 2 saturated heterocycles. The van der Waals surface area contributed by atoms with E-state index in [0.29, 0.717) is 17.7 Å². The minimum absolute atomic E-state index is 0.108. The van der Waals surface area contributed by atoms with Crippen LogP contribution >= 0.6 is 11.3 Å². The Kier molecular flexibility index (Phi) is 5.44. The Bertz CT molecular complexity index is 576. The summed E-state index contributed by atoms with van der Waals surface area (Å²) < 4.78 is 0. The first-order valence-electron chi connectivity index (χ1n) is 10.00. The Balaban J connectivity index is 1.29. The third-order valence-electron chi connectivity index (χ3n) is 6.60. The fourth-order valence-corrected chi connectivity index (χ4v) is 5.93. The van der Waals surface area contributed by atoms with E-state index in [4.69, 9.17) is 0 Å². The second kappa shape index (κ2) is 7.77. The van der Waals surface area contributed by atoms with Gasteiger partial charge in [-0.3, -0.25) is 9.69 Å². The lowest BCUT2D eigenvalue weighted by Crippen LogP contribution is -2.50. The van der Waals surface area contributed by atoms with Crippen molar-refractivity contribution in [3.8, 4) is 0 Å². The van der Waals surface area contributed by atoms with Gasteiger partial charge in [0.1, 0.15) is 0 Å². The highest BCUT2D eigenvalue weighted by molar-refractivity contribution is 7.09. The van der Waals surface area contributed by atoms with E-state index in [1.165, 1.54) is 43.5 Å². The molecule has 0 aromatic carbocycles. The fourth-order valence-electron chi connectivity index (χ4n) is 5.19. The van der Waals surface area contributed by atoms with Crippen molar-refractivity contribution in [2.24, 2.45) is 17.3 Å². The second-order valence-corrected chi connectivity index (χ2v) is 9.29. The van der Waals surface area contributed by atoms with Gasteiger partial charge in [0, 0.05) is 31.1 Å². The van der Waals surface area contributed by atoms with Gasteiger partial charge < -0.3 is 10.6 Å². The summed E-state index contributed by atoms with van der Waals surface area (Å²) in [6, 6.07) is 4.36. The molecule has 3 heterocycles. The second-order valence-electron chi connectivity index (χ2n) is 8.26. The number of hydrogen-bond donors (Lipinski definition) is 2. The van der Waals surface area contributed by atoms with Crippen molar-refractivity contribution in [3.05, 3.63) is 22.4 Å². The van der Waals surface area contributed by atoms with Gasteiger partial charge in [0.05, 0.1) is 5.41 Å². The molecule has 5 heteroatoms. The van der Waals surface area contributed by atoms with Crippen molar-refractivity contribution in [1.29, 1.82) is 0 Å². The smallest absolute Gasteiger partial charge is 0.227 e. The van der Waals surface area contributed by atoms with E-state index in [0.717, 1.165) is 39.1 Å². The number of likely N-dealkylation sites (tertiary alicyclic amines) is 1. The predicted octanol–water partition coefficient (Wildman–Crippen LogP) is 2.86. The molecule has 2 aliphatic heterocycles. The number of carbonyl (C=O) groups is 1. The van der Waals surface area contributed by atoms with Crippen LogP contribution in [0.1, 0.15) is 43.4 Å². The van der Waals surface area contributed by atoms with Crippen molar-refractivity contribution in [3.63, 3.8) is 0 Å². The number of rotatable bonds is 5. The number of thiophene rings is 1. The lowest BCUT2D eigenvalue weighted by molar-refractivity contribution is -0.134. The van der Waals surface area contributed by atoms with Gasteiger partial charge in [-0.25, -0.2) is 0 Å². The molecule has 0 radical (unpaired) electrons. The Labute approximate surface area is 155 Å². The lowest BCUT2D eigenvalue weighted by atomic mass is 9.67. The maximum absolute atomic E-state index is 13.0. The van der Waals surface area contributed by atoms with Crippen LogP contribution in [0.25, 0.3) is 0 Å². The Hall–Kier alpha value is -0.910. The molecule has 4 nitrogen and oxygen atoms in total. The van der Waals surface area contributed by atoms with E-state index in [-0.39, 0.29) is 5.41 Å². The van der Waals surface area contributed by atoms with Gasteiger partial charge in [0.2, 0.25) is 5.91 Å². The van der Waals surface area contributed by atoms with Gasteiger partial charge in [-0.2, -0.15) is 0 Å². The molecular weight excluding hydrogens is 330 g/mol. The predicted molar refractivity (Wildman–Crippen MR) is 103 cm³/mol. The van der Waals surface area contributed by atoms with Crippen LogP contribution in [0.2, 0.25) is 0 Å². The van der Waals surface area contributed by atoms with E-state index in [2.05, 4.69) is 33.0 Å². The molecule has 1 aromatic heterocycles. The van der Waals surface area contributed by atoms with Crippen LogP contribution < -0.4 is 10.6 Å². The van der Waals surface area contributed by atoms with Crippen LogP contribution in [0.4, 0.5) is 0 Å². The normalized spacial score (nSPS) is 33.1. The van der Waals surface area contributed by atoms with Gasteiger partial charge in [-0.05, 0) is 62.1 Å². The van der Waals surface area contributed by atoms with Gasteiger partial charge in [-0.15, -0.1) is 11.3 Å². The summed E-state index contributed by atoms with van der Waals surface area (Å²) in [6.45, 7) is 6.15. The zero-order chi connectivity index (χ0) is 17.1. The molecule has 0 spiro atoms. The number of amides is 1. The number of piperidine rings is 1. The van der Waals surface area contributed by atoms with Gasteiger partial charge in [0.25, 0.3) is 0 Å². The molecule has 1 saturated carbocycles. The minimum atomic E-state index is -0.108. The summed E-state index contributed by atoms with van der Waals surface area (Å²) in [6.07, 6.45) is 7.30. The first kappa shape index (κ1) is 17.5. The number of hydrogen-bond acceptors (Lipinski definition) is 4. The molecule has 1 unspecified atom stereocenters. The zero-order valence-corrected chi connectivity index (χ0v) is 16.0. The number of carbonyl (C=O) groups excluding carboxylic acids is 1. The lowest BCUT2D eigenvalue weighted by Gasteiger charge is -2.38. The highest BCUT2D eigenvalue weighted by Gasteiger charge is 2.49. The van der Waals surface area contributed by atoms with Crippen LogP contribution in [0, 0.1) is 17.3 Å². The Morgan fingerprint density at radius 1 is 1.36 bits per heavy atom. The van der Waals surface area contributed by atoms with Crippen molar-refractivity contribution >= 4 is 17.2 Å². The van der Waals surface area contributed by atoms with Crippen molar-refractivity contribution < 1.29 is 4.79 Å². The van der Waals surface area contributed by atoms with Gasteiger partial charge >= 0.3 is 0 Å². The summed E-state index contributed by atoms with van der Waals surface area (Å²) in [5.74, 6) is 1.49. The molecule has 1 aliphatic carbocycles. The largest absolute Gasteiger partial charge is 0.355 e. The average Bonchev–Trinajstić information content (AvgIpc) is 3.30. The maximum Gasteiger partial charge on any atom is 0.227 e. The summed E-state index contributed by atoms with van der Waals surface area (Å²) in [7, 11) is 0. The van der Waals surface area contributed by atoms with Crippen LogP contribution in [-0.4, -0.2) is 43.5 Å². The first-order chi connectivity index (χ1) is 12.3. The maximum atomic E-state index is 13.0. The van der Waals surface area contributed by atoms with E-state index >= 15 is 0 Å². The molecule has 2 N–H and O–H groups in total. The molecule has 3 aliphatic rings. The van der Waals surface area contributed by atoms with E-state index in [1.54, 1.807) is 0 Å². The van der Waals surface area contributed by atoms with E-state index < -0.39 is 0 Å². The average molecular weight is 362 g/mol. The molecular formula is C20H31N3OS. The molecule has 0 bridgehead atoms. The number of fused-ring (bicyclic) bond motifs is 1. The topological polar surface area (TPSA) is 44.4 Å². The summed E-state index contributed by atoms with van der Waals surface area (Å²) in [4.78, 5) is 17.0. The van der Waals surface area contributed by atoms with Crippen LogP contribution in [-0.2, 0) is 11.3 Å². The monoisotopic (exact) mass is 361 g/mol. The first-order valence-corrected chi connectivity index (χ1v) is 10.9. The van der Waals surface area contributed by atoms with E-state index in [1.807, 2.05) is 11.3 Å². The van der Waals surface area contributed by atoms with Gasteiger partial charge in [0.15, 0.2) is 0 Å². The van der Waals surface area contributed by atoms with E-state index in [9.17, 15) is 4.79 Å². The van der Waals surface area contributed by atoms with Crippen LogP contribution in [0.5, 0.6) is 0 Å². The summed E-state index contributed by atoms with van der Waals surface area (Å²) in [5, 5.41) is 9.01. The number of nitrogens with zero attached hydrogens (tertiary/aromatic N) is 1. The van der Waals surface area contributed by atoms with Crippen molar-refractivity contribution in [1.82, 2.24) is 15.5 Å². The Morgan fingerprint density at radius 2 is 2.32 bits per heavy atom. The molecule has 3 atom stereocenters. The van der Waals surface area contributed by atoms with Crippen LogP contribution in [0.3, 0.4) is 0 Å². The highest BCUT2D eigenvalue weighted by Crippen LogP contribution is 2.43. The molecule has 25 heavy (non-hydrogen) atoms. The summed E-state index contributed by atoms with van der Waals surface area (Å²) in [5.41, 5.74) is -0.108. The number of nitrogens with one attached hydrogen (secondary N) is 2. The standard InChI is InChI=1S/C20H31N3OS/c24-19(20-8-2-1-6-17(20)12-21-15-20)22-11-16-5-3-9-23(13-16)14-18-7-4-10-25-18/h4,7,10,16-17,21H,1-3,5-6,8-9,11-15H2,(H,22,24)/t16?,17-,20+/m0/s1. The molecule has 4 rings (SSSR count). The quantitative estimate of drug-likeness (QED) is 0.848. The Morgan fingerprint density at radius 3 is 3.20 bits per heavy atom. The SMILES string of the molecule is O=C(NCC1CCCN(Cc2cccs2)C1)[C@@]12CCCC[C@H]1CNC2.